The summed E-state index contributed by atoms with van der Waals surface area (Å²) in [5, 5.41) is 0. The van der Waals surface area contributed by atoms with E-state index in [1.165, 1.54) is 0 Å². The van der Waals surface area contributed by atoms with Crippen molar-refractivity contribution in [2.24, 2.45) is 0 Å². The van der Waals surface area contributed by atoms with Crippen molar-refractivity contribution in [2.75, 3.05) is 39.6 Å². The quantitative estimate of drug-likeness (QED) is 0.164. The summed E-state index contributed by atoms with van der Waals surface area (Å²) in [5.41, 5.74) is 0. The lowest BCUT2D eigenvalue weighted by molar-refractivity contribution is -0.139. The van der Waals surface area contributed by atoms with Crippen LogP contribution in [-0.4, -0.2) is 72.5 Å². The monoisotopic (exact) mass is 423 g/mol. The molecule has 1 rings (SSSR count). The smallest absolute Gasteiger partial charge is 0.330 e. The third-order valence-corrected chi connectivity index (χ3v) is 2.75. The highest BCUT2D eigenvalue weighted by Crippen LogP contribution is 2.14. The fraction of sp³-hybridized carbons (Fsp3) is 0.333. The van der Waals surface area contributed by atoms with Gasteiger partial charge in [-0.1, -0.05) is 19.7 Å². The zero-order chi connectivity index (χ0) is 22.2. The molecule has 12 nitrogen and oxygen atoms in total. The van der Waals surface area contributed by atoms with Crippen molar-refractivity contribution < 1.29 is 42.8 Å². The minimum absolute atomic E-state index is 0.0592. The molecular weight excluding hydrogens is 402 g/mol. The zero-order valence-electron chi connectivity index (χ0n) is 16.1. The number of ether oxygens (including phenoxy) is 6. The fourth-order valence-electron chi connectivity index (χ4n) is 1.52. The number of carbonyl (C=O) groups excluding carboxylic acids is 3. The van der Waals surface area contributed by atoms with Crippen LogP contribution in [0.3, 0.4) is 0 Å². The van der Waals surface area contributed by atoms with Crippen LogP contribution in [0.25, 0.3) is 0 Å². The van der Waals surface area contributed by atoms with Gasteiger partial charge in [-0.3, -0.25) is 0 Å². The van der Waals surface area contributed by atoms with E-state index in [2.05, 4.69) is 34.7 Å². The summed E-state index contributed by atoms with van der Waals surface area (Å²) < 4.78 is 30.1. The van der Waals surface area contributed by atoms with Gasteiger partial charge in [-0.2, -0.15) is 0 Å². The summed E-state index contributed by atoms with van der Waals surface area (Å²) in [6.45, 7) is 9.42. The second kappa shape index (κ2) is 14.1. The Morgan fingerprint density at radius 2 is 0.833 bits per heavy atom. The lowest BCUT2D eigenvalue weighted by Crippen LogP contribution is -2.16. The van der Waals surface area contributed by atoms with Crippen molar-refractivity contribution in [3.8, 4) is 18.0 Å². The maximum absolute atomic E-state index is 11.0. The highest BCUT2D eigenvalue weighted by molar-refractivity contribution is 5.81. The van der Waals surface area contributed by atoms with Gasteiger partial charge in [0.1, 0.15) is 39.6 Å². The van der Waals surface area contributed by atoms with E-state index in [9.17, 15) is 14.4 Å². The molecule has 12 heteroatoms. The van der Waals surface area contributed by atoms with E-state index in [4.69, 9.17) is 28.4 Å². The first-order valence-electron chi connectivity index (χ1n) is 8.50. The van der Waals surface area contributed by atoms with Gasteiger partial charge in [-0.25, -0.2) is 14.4 Å². The number of hydrogen-bond acceptors (Lipinski definition) is 12. The first-order valence-corrected chi connectivity index (χ1v) is 8.50. The van der Waals surface area contributed by atoms with Crippen LogP contribution in [0.1, 0.15) is 0 Å². The average molecular weight is 423 g/mol. The van der Waals surface area contributed by atoms with Crippen molar-refractivity contribution in [1.29, 1.82) is 0 Å². The number of rotatable bonds is 15. The van der Waals surface area contributed by atoms with Gasteiger partial charge >= 0.3 is 35.9 Å². The molecular formula is C18H21N3O9. The number of nitrogens with zero attached hydrogens (tertiary/aromatic N) is 3. The van der Waals surface area contributed by atoms with Crippen LogP contribution in [0.5, 0.6) is 18.0 Å². The Morgan fingerprint density at radius 1 is 0.567 bits per heavy atom. The Morgan fingerprint density at radius 3 is 1.07 bits per heavy atom. The van der Waals surface area contributed by atoms with Crippen LogP contribution in [-0.2, 0) is 28.6 Å². The topological polar surface area (TPSA) is 145 Å². The SMILES string of the molecule is C=CC(=O)OCCOc1nc(OCCOC(=O)C=C)nc(OCCOC(=O)C=C)n1. The Labute approximate surface area is 172 Å². The molecule has 0 aromatic carbocycles. The minimum Gasteiger partial charge on any atom is -0.460 e. The molecule has 0 N–H and O–H groups in total. The van der Waals surface area contributed by atoms with Crippen molar-refractivity contribution in [3.05, 3.63) is 38.0 Å². The Balaban J connectivity index is 2.65. The third-order valence-electron chi connectivity index (χ3n) is 2.75. The van der Waals surface area contributed by atoms with Crippen molar-refractivity contribution >= 4 is 17.9 Å². The largest absolute Gasteiger partial charge is 0.460 e. The van der Waals surface area contributed by atoms with Crippen LogP contribution in [0.2, 0.25) is 0 Å². The van der Waals surface area contributed by atoms with Gasteiger partial charge in [-0.15, -0.1) is 15.0 Å². The second-order valence-electron chi connectivity index (χ2n) is 4.84. The summed E-state index contributed by atoms with van der Waals surface area (Å²) in [4.78, 5) is 44.7. The fourth-order valence-corrected chi connectivity index (χ4v) is 1.52. The van der Waals surface area contributed by atoms with E-state index in [0.717, 1.165) is 18.2 Å². The molecule has 0 aliphatic heterocycles. The van der Waals surface area contributed by atoms with Crippen LogP contribution >= 0.6 is 0 Å². The van der Waals surface area contributed by atoms with E-state index in [0.29, 0.717) is 0 Å². The minimum atomic E-state index is -0.606. The lowest BCUT2D eigenvalue weighted by atomic mass is 10.6. The van der Waals surface area contributed by atoms with Gasteiger partial charge in [0.05, 0.1) is 0 Å². The highest BCUT2D eigenvalue weighted by Gasteiger charge is 2.11. The van der Waals surface area contributed by atoms with Gasteiger partial charge in [-0.05, 0) is 0 Å². The number of esters is 3. The molecule has 0 radical (unpaired) electrons. The van der Waals surface area contributed by atoms with Gasteiger partial charge in [0.25, 0.3) is 0 Å². The second-order valence-corrected chi connectivity index (χ2v) is 4.84. The Bertz CT molecular complexity index is 655. The number of carbonyl (C=O) groups is 3. The first kappa shape index (κ1) is 24.1. The predicted octanol–water partition coefficient (Wildman–Crippen LogP) is 0.196. The third kappa shape index (κ3) is 10.4. The first-order chi connectivity index (χ1) is 14.5. The summed E-state index contributed by atoms with van der Waals surface area (Å²) in [6.07, 6.45) is 3.04. The molecule has 0 saturated carbocycles. The summed E-state index contributed by atoms with van der Waals surface area (Å²) >= 11 is 0. The Kier molecular flexibility index (Phi) is 11.3. The van der Waals surface area contributed by atoms with Gasteiger partial charge in [0, 0.05) is 18.2 Å². The molecule has 1 aromatic rings. The van der Waals surface area contributed by atoms with Crippen molar-refractivity contribution in [2.45, 2.75) is 0 Å². The number of hydrogen-bond donors (Lipinski definition) is 0. The van der Waals surface area contributed by atoms with E-state index in [1.54, 1.807) is 0 Å². The molecule has 0 bridgehead atoms. The molecule has 30 heavy (non-hydrogen) atoms. The molecule has 162 valence electrons. The molecule has 0 spiro atoms. The van der Waals surface area contributed by atoms with E-state index in [1.807, 2.05) is 0 Å². The molecule has 0 atom stereocenters. The van der Waals surface area contributed by atoms with Crippen LogP contribution in [0.4, 0.5) is 0 Å². The van der Waals surface area contributed by atoms with E-state index in [-0.39, 0.29) is 57.7 Å². The highest BCUT2D eigenvalue weighted by atomic mass is 16.6. The summed E-state index contributed by atoms with van der Waals surface area (Å²) in [7, 11) is 0. The molecule has 0 unspecified atom stereocenters. The molecule has 1 heterocycles. The van der Waals surface area contributed by atoms with Gasteiger partial charge in [0.15, 0.2) is 0 Å². The van der Waals surface area contributed by atoms with E-state index >= 15 is 0 Å². The van der Waals surface area contributed by atoms with Gasteiger partial charge < -0.3 is 28.4 Å². The van der Waals surface area contributed by atoms with Crippen molar-refractivity contribution in [3.63, 3.8) is 0 Å². The summed E-state index contributed by atoms with van der Waals surface area (Å²) in [5.74, 6) is -1.82. The summed E-state index contributed by atoms with van der Waals surface area (Å²) in [6, 6.07) is -0.512. The molecule has 0 amide bonds. The molecule has 0 aliphatic carbocycles. The van der Waals surface area contributed by atoms with Gasteiger partial charge in [0.2, 0.25) is 0 Å². The van der Waals surface area contributed by atoms with Crippen molar-refractivity contribution in [1.82, 2.24) is 15.0 Å². The molecule has 0 aliphatic rings. The standard InChI is InChI=1S/C18H21N3O9/c1-4-13(22)25-7-10-28-16-19-17(29-11-8-26-14(23)5-2)21-18(20-16)30-12-9-27-15(24)6-3/h4-6H,1-3,7-12H2. The van der Waals surface area contributed by atoms with Crippen LogP contribution in [0, 0.1) is 0 Å². The maximum atomic E-state index is 11.0. The molecule has 0 saturated heterocycles. The number of aromatic nitrogens is 3. The molecule has 0 fully saturated rings. The average Bonchev–Trinajstić information content (AvgIpc) is 2.76. The predicted molar refractivity (Wildman–Crippen MR) is 99.8 cm³/mol. The Hall–Kier alpha value is -3.96. The van der Waals surface area contributed by atoms with Crippen LogP contribution < -0.4 is 14.2 Å². The lowest BCUT2D eigenvalue weighted by Gasteiger charge is -2.10. The maximum Gasteiger partial charge on any atom is 0.330 e. The van der Waals surface area contributed by atoms with E-state index < -0.39 is 17.9 Å². The zero-order valence-corrected chi connectivity index (χ0v) is 16.1. The normalized spacial score (nSPS) is 9.60. The van der Waals surface area contributed by atoms with Crippen LogP contribution in [0.15, 0.2) is 38.0 Å². The molecule has 1 aromatic heterocycles.